The molecule has 18 heavy (non-hydrogen) atoms. The molecule has 0 bridgehead atoms. The Labute approximate surface area is 108 Å². The Bertz CT molecular complexity index is 375. The van der Waals surface area contributed by atoms with Crippen molar-refractivity contribution in [2.75, 3.05) is 25.4 Å². The molecular formula is C11H22N2O4S. The highest BCUT2D eigenvalue weighted by molar-refractivity contribution is 7.89. The third kappa shape index (κ3) is 4.91. The minimum absolute atomic E-state index is 0.0332. The molecule has 1 aliphatic heterocycles. The van der Waals surface area contributed by atoms with Crippen LogP contribution >= 0.6 is 0 Å². The highest BCUT2D eigenvalue weighted by Crippen LogP contribution is 2.29. The van der Waals surface area contributed by atoms with Crippen LogP contribution in [-0.4, -0.2) is 44.9 Å². The Morgan fingerprint density at radius 3 is 2.72 bits per heavy atom. The van der Waals surface area contributed by atoms with Gasteiger partial charge in [0.15, 0.2) is 0 Å². The number of aliphatic carboxylic acids is 1. The summed E-state index contributed by atoms with van der Waals surface area (Å²) in [7, 11) is -3.48. The lowest BCUT2D eigenvalue weighted by atomic mass is 9.78. The number of nitrogens with one attached hydrogen (secondary N) is 2. The third-order valence-corrected chi connectivity index (χ3v) is 4.89. The molecule has 1 aliphatic rings. The zero-order chi connectivity index (χ0) is 13.6. The second kappa shape index (κ2) is 6.49. The number of carbonyl (C=O) groups is 1. The number of piperidine rings is 1. The first-order chi connectivity index (χ1) is 8.39. The van der Waals surface area contributed by atoms with Gasteiger partial charge in [0, 0.05) is 13.1 Å². The number of hydrogen-bond donors (Lipinski definition) is 3. The molecule has 0 spiro atoms. The van der Waals surface area contributed by atoms with Gasteiger partial charge in [-0.25, -0.2) is 13.1 Å². The largest absolute Gasteiger partial charge is 0.481 e. The summed E-state index contributed by atoms with van der Waals surface area (Å²) in [5.41, 5.74) is -0.0332. The molecule has 0 aromatic carbocycles. The van der Waals surface area contributed by atoms with E-state index in [0.29, 0.717) is 6.54 Å². The fourth-order valence-electron chi connectivity index (χ4n) is 2.16. The van der Waals surface area contributed by atoms with Crippen LogP contribution in [0.4, 0.5) is 0 Å². The molecule has 1 atom stereocenters. The summed E-state index contributed by atoms with van der Waals surface area (Å²) in [5, 5.41) is 11.8. The molecule has 1 saturated heterocycles. The van der Waals surface area contributed by atoms with Crippen molar-refractivity contribution in [2.45, 2.75) is 32.6 Å². The van der Waals surface area contributed by atoms with Gasteiger partial charge in [-0.1, -0.05) is 6.92 Å². The van der Waals surface area contributed by atoms with E-state index >= 15 is 0 Å². The van der Waals surface area contributed by atoms with E-state index in [0.717, 1.165) is 32.4 Å². The van der Waals surface area contributed by atoms with Crippen LogP contribution in [0.1, 0.15) is 32.6 Å². The number of hydrogen-bond acceptors (Lipinski definition) is 4. The zero-order valence-electron chi connectivity index (χ0n) is 10.7. The minimum Gasteiger partial charge on any atom is -0.481 e. The van der Waals surface area contributed by atoms with Gasteiger partial charge in [0.2, 0.25) is 10.0 Å². The maximum absolute atomic E-state index is 11.6. The third-order valence-electron chi connectivity index (χ3n) is 3.56. The van der Waals surface area contributed by atoms with Gasteiger partial charge >= 0.3 is 5.97 Å². The average molecular weight is 278 g/mol. The molecule has 0 amide bonds. The number of carboxylic acid groups (broad SMARTS) is 1. The summed E-state index contributed by atoms with van der Waals surface area (Å²) in [4.78, 5) is 10.4. The standard InChI is InChI=1S/C11H22N2O4S/c1-2-11(5-3-6-12-8-11)9-13-18(16,17)7-4-10(14)15/h12-13H,2-9H2,1H3,(H,14,15). The van der Waals surface area contributed by atoms with E-state index in [2.05, 4.69) is 17.0 Å². The van der Waals surface area contributed by atoms with E-state index < -0.39 is 16.0 Å². The molecule has 7 heteroatoms. The zero-order valence-corrected chi connectivity index (χ0v) is 11.6. The Morgan fingerprint density at radius 2 is 2.22 bits per heavy atom. The van der Waals surface area contributed by atoms with Crippen molar-refractivity contribution >= 4 is 16.0 Å². The molecule has 0 saturated carbocycles. The molecule has 3 N–H and O–H groups in total. The summed E-state index contributed by atoms with van der Waals surface area (Å²) in [5.74, 6) is -1.44. The van der Waals surface area contributed by atoms with Crippen LogP contribution in [0.15, 0.2) is 0 Å². The monoisotopic (exact) mass is 278 g/mol. The first-order valence-electron chi connectivity index (χ1n) is 6.29. The van der Waals surface area contributed by atoms with Crippen molar-refractivity contribution in [3.05, 3.63) is 0 Å². The van der Waals surface area contributed by atoms with Gasteiger partial charge in [-0.05, 0) is 31.2 Å². The van der Waals surface area contributed by atoms with Crippen molar-refractivity contribution in [3.8, 4) is 0 Å². The normalized spacial score (nSPS) is 24.9. The molecule has 1 unspecified atom stereocenters. The van der Waals surface area contributed by atoms with Gasteiger partial charge in [-0.15, -0.1) is 0 Å². The van der Waals surface area contributed by atoms with Crippen molar-refractivity contribution in [1.29, 1.82) is 0 Å². The quantitative estimate of drug-likeness (QED) is 0.616. The van der Waals surface area contributed by atoms with Crippen LogP contribution in [0, 0.1) is 5.41 Å². The number of carboxylic acids is 1. The van der Waals surface area contributed by atoms with E-state index in [9.17, 15) is 13.2 Å². The second-order valence-electron chi connectivity index (χ2n) is 4.92. The Kier molecular flexibility index (Phi) is 5.55. The molecule has 6 nitrogen and oxygen atoms in total. The molecule has 1 heterocycles. The van der Waals surface area contributed by atoms with Crippen LogP contribution in [0.2, 0.25) is 0 Å². The lowest BCUT2D eigenvalue weighted by molar-refractivity contribution is -0.136. The SMILES string of the molecule is CCC1(CNS(=O)(=O)CCC(=O)O)CCCNC1. The van der Waals surface area contributed by atoms with Crippen molar-refractivity contribution < 1.29 is 18.3 Å². The summed E-state index contributed by atoms with van der Waals surface area (Å²) in [6.45, 7) is 4.23. The first kappa shape index (κ1) is 15.4. The van der Waals surface area contributed by atoms with Gasteiger partial charge < -0.3 is 10.4 Å². The highest BCUT2D eigenvalue weighted by Gasteiger charge is 2.31. The maximum Gasteiger partial charge on any atom is 0.304 e. The fraction of sp³-hybridized carbons (Fsp3) is 0.909. The van der Waals surface area contributed by atoms with E-state index in [1.807, 2.05) is 0 Å². The molecule has 1 rings (SSSR count). The van der Waals surface area contributed by atoms with Crippen LogP contribution in [0.5, 0.6) is 0 Å². The van der Waals surface area contributed by atoms with Crippen molar-refractivity contribution in [1.82, 2.24) is 10.0 Å². The van der Waals surface area contributed by atoms with Crippen LogP contribution in [-0.2, 0) is 14.8 Å². The Balaban J connectivity index is 2.48. The van der Waals surface area contributed by atoms with Gasteiger partial charge in [0.05, 0.1) is 12.2 Å². The topological polar surface area (TPSA) is 95.5 Å². The molecule has 1 fully saturated rings. The van der Waals surface area contributed by atoms with Crippen LogP contribution in [0.25, 0.3) is 0 Å². The lowest BCUT2D eigenvalue weighted by Crippen LogP contribution is -2.47. The van der Waals surface area contributed by atoms with E-state index in [1.165, 1.54) is 0 Å². The summed E-state index contributed by atoms with van der Waals surface area (Å²) in [6, 6.07) is 0. The minimum atomic E-state index is -3.48. The Morgan fingerprint density at radius 1 is 1.50 bits per heavy atom. The number of sulfonamides is 1. The lowest BCUT2D eigenvalue weighted by Gasteiger charge is -2.37. The van der Waals surface area contributed by atoms with Crippen LogP contribution in [0.3, 0.4) is 0 Å². The van der Waals surface area contributed by atoms with Gasteiger partial charge in [-0.2, -0.15) is 0 Å². The van der Waals surface area contributed by atoms with Gasteiger partial charge in [0.1, 0.15) is 0 Å². The second-order valence-corrected chi connectivity index (χ2v) is 6.84. The molecule has 106 valence electrons. The highest BCUT2D eigenvalue weighted by atomic mass is 32.2. The summed E-state index contributed by atoms with van der Waals surface area (Å²) in [6.07, 6.45) is 2.59. The van der Waals surface area contributed by atoms with Gasteiger partial charge in [-0.3, -0.25) is 4.79 Å². The Hall–Kier alpha value is -0.660. The van der Waals surface area contributed by atoms with E-state index in [-0.39, 0.29) is 17.6 Å². The number of rotatable bonds is 7. The molecule has 0 aromatic heterocycles. The van der Waals surface area contributed by atoms with E-state index in [1.54, 1.807) is 0 Å². The van der Waals surface area contributed by atoms with Crippen LogP contribution < -0.4 is 10.0 Å². The smallest absolute Gasteiger partial charge is 0.304 e. The first-order valence-corrected chi connectivity index (χ1v) is 7.94. The van der Waals surface area contributed by atoms with Crippen molar-refractivity contribution in [2.24, 2.45) is 5.41 Å². The summed E-state index contributed by atoms with van der Waals surface area (Å²) >= 11 is 0. The predicted molar refractivity (Wildman–Crippen MR) is 68.9 cm³/mol. The average Bonchev–Trinajstić information content (AvgIpc) is 2.36. The van der Waals surface area contributed by atoms with Crippen molar-refractivity contribution in [3.63, 3.8) is 0 Å². The fourth-order valence-corrected chi connectivity index (χ4v) is 3.28. The van der Waals surface area contributed by atoms with Gasteiger partial charge in [0.25, 0.3) is 0 Å². The molecular weight excluding hydrogens is 256 g/mol. The molecule has 0 aliphatic carbocycles. The maximum atomic E-state index is 11.6. The van der Waals surface area contributed by atoms with E-state index in [4.69, 9.17) is 5.11 Å². The molecule has 0 radical (unpaired) electrons. The molecule has 0 aromatic rings. The predicted octanol–water partition coefficient (Wildman–Crippen LogP) is 0.160. The summed E-state index contributed by atoms with van der Waals surface area (Å²) < 4.78 is 25.8.